The van der Waals surface area contributed by atoms with Crippen LogP contribution in [-0.2, 0) is 9.53 Å². The number of rotatable bonds is 9. The Morgan fingerprint density at radius 2 is 1.88 bits per heavy atom. The normalized spacial score (nSPS) is 13.6. The smallest absolute Gasteiger partial charge is 0.303 e. The van der Waals surface area contributed by atoms with Crippen molar-refractivity contribution in [1.82, 2.24) is 4.90 Å². The van der Waals surface area contributed by atoms with Gasteiger partial charge in [-0.05, 0) is 32.7 Å². The molecular weight excluding hydrogens is 218 g/mol. The van der Waals surface area contributed by atoms with Gasteiger partial charge >= 0.3 is 5.97 Å². The number of methoxy groups -OCH3 is 1. The van der Waals surface area contributed by atoms with Crippen molar-refractivity contribution in [3.8, 4) is 0 Å². The van der Waals surface area contributed by atoms with Crippen LogP contribution in [0.2, 0.25) is 0 Å². The van der Waals surface area contributed by atoms with Crippen molar-refractivity contribution in [3.63, 3.8) is 0 Å². The summed E-state index contributed by atoms with van der Waals surface area (Å²) in [5, 5.41) is 8.67. The third kappa shape index (κ3) is 6.64. The van der Waals surface area contributed by atoms with Gasteiger partial charge in [-0.15, -0.1) is 0 Å². The maximum atomic E-state index is 10.5. The van der Waals surface area contributed by atoms with Gasteiger partial charge in [-0.3, -0.25) is 9.69 Å². The molecule has 0 spiro atoms. The Morgan fingerprint density at radius 1 is 1.29 bits per heavy atom. The molecule has 0 aliphatic carbocycles. The van der Waals surface area contributed by atoms with Gasteiger partial charge < -0.3 is 9.84 Å². The number of carboxylic acids is 1. The summed E-state index contributed by atoms with van der Waals surface area (Å²) in [5.74, 6) is -0.219. The van der Waals surface area contributed by atoms with Crippen LogP contribution in [0, 0.1) is 5.92 Å². The molecule has 4 heteroatoms. The van der Waals surface area contributed by atoms with Crippen LogP contribution in [0.1, 0.15) is 40.5 Å². The predicted molar refractivity (Wildman–Crippen MR) is 69.2 cm³/mol. The van der Waals surface area contributed by atoms with E-state index in [2.05, 4.69) is 32.6 Å². The lowest BCUT2D eigenvalue weighted by Gasteiger charge is -2.37. The molecule has 0 aromatic rings. The zero-order valence-electron chi connectivity index (χ0n) is 11.8. The molecular formula is C13H27NO3. The molecule has 0 heterocycles. The Kier molecular flexibility index (Phi) is 8.17. The third-order valence-corrected chi connectivity index (χ3v) is 3.00. The molecule has 0 aliphatic heterocycles. The second-order valence-corrected chi connectivity index (χ2v) is 5.10. The third-order valence-electron chi connectivity index (χ3n) is 3.00. The van der Waals surface area contributed by atoms with Crippen molar-refractivity contribution < 1.29 is 14.6 Å². The number of carboxylic acid groups (broad SMARTS) is 1. The van der Waals surface area contributed by atoms with Gasteiger partial charge in [0, 0.05) is 25.6 Å². The van der Waals surface area contributed by atoms with Gasteiger partial charge in [-0.2, -0.15) is 0 Å². The molecule has 0 bridgehead atoms. The number of hydrogen-bond donors (Lipinski definition) is 1. The predicted octanol–water partition coefficient (Wildman–Crippen LogP) is 2.23. The van der Waals surface area contributed by atoms with Gasteiger partial charge in [-0.1, -0.05) is 13.8 Å². The van der Waals surface area contributed by atoms with E-state index in [0.29, 0.717) is 31.0 Å². The van der Waals surface area contributed by atoms with E-state index in [1.807, 2.05) is 0 Å². The summed E-state index contributed by atoms with van der Waals surface area (Å²) in [6.45, 7) is 10.2. The van der Waals surface area contributed by atoms with Crippen molar-refractivity contribution in [3.05, 3.63) is 0 Å². The van der Waals surface area contributed by atoms with E-state index < -0.39 is 5.97 Å². The summed E-state index contributed by atoms with van der Waals surface area (Å²) in [7, 11) is 1.71. The molecule has 1 N–H and O–H groups in total. The zero-order chi connectivity index (χ0) is 13.4. The van der Waals surface area contributed by atoms with Crippen LogP contribution >= 0.6 is 0 Å². The minimum atomic E-state index is -0.721. The number of carbonyl (C=O) groups is 1. The summed E-state index contributed by atoms with van der Waals surface area (Å²) in [4.78, 5) is 12.9. The Labute approximate surface area is 105 Å². The molecule has 0 aromatic heterocycles. The van der Waals surface area contributed by atoms with Crippen LogP contribution in [0.4, 0.5) is 0 Å². The van der Waals surface area contributed by atoms with Crippen molar-refractivity contribution in [2.45, 2.75) is 52.6 Å². The van der Waals surface area contributed by atoms with Crippen LogP contribution < -0.4 is 0 Å². The average Bonchev–Trinajstić information content (AvgIpc) is 2.20. The number of ether oxygens (including phenoxy) is 1. The maximum absolute atomic E-state index is 10.5. The van der Waals surface area contributed by atoms with Crippen molar-refractivity contribution in [2.24, 2.45) is 5.92 Å². The van der Waals surface area contributed by atoms with Gasteiger partial charge in [0.15, 0.2) is 0 Å². The summed E-state index contributed by atoms with van der Waals surface area (Å²) in [6.07, 6.45) is 0.932. The first-order valence-corrected chi connectivity index (χ1v) is 6.36. The lowest BCUT2D eigenvalue weighted by Crippen LogP contribution is -2.46. The maximum Gasteiger partial charge on any atom is 0.303 e. The molecule has 0 aliphatic rings. The van der Waals surface area contributed by atoms with Crippen molar-refractivity contribution in [2.75, 3.05) is 20.3 Å². The number of aliphatic carboxylic acids is 1. The highest BCUT2D eigenvalue weighted by Crippen LogP contribution is 2.15. The Bertz CT molecular complexity index is 217. The fraction of sp³-hybridized carbons (Fsp3) is 0.923. The second-order valence-electron chi connectivity index (χ2n) is 5.10. The van der Waals surface area contributed by atoms with E-state index in [1.165, 1.54) is 0 Å². The van der Waals surface area contributed by atoms with E-state index in [0.717, 1.165) is 6.54 Å². The molecule has 0 saturated heterocycles. The van der Waals surface area contributed by atoms with E-state index in [4.69, 9.17) is 9.84 Å². The standard InChI is InChI=1S/C13H27NO3/c1-10(2)12(9-17-5)14(11(3)4)8-6-7-13(15)16/h10-12H,6-9H2,1-5H3,(H,15,16). The fourth-order valence-corrected chi connectivity index (χ4v) is 2.06. The highest BCUT2D eigenvalue weighted by molar-refractivity contribution is 5.66. The summed E-state index contributed by atoms with van der Waals surface area (Å²) < 4.78 is 5.27. The molecule has 1 atom stereocenters. The summed E-state index contributed by atoms with van der Waals surface area (Å²) in [6, 6.07) is 0.764. The molecule has 0 fully saturated rings. The van der Waals surface area contributed by atoms with Crippen LogP contribution in [0.25, 0.3) is 0 Å². The quantitative estimate of drug-likeness (QED) is 0.677. The first kappa shape index (κ1) is 16.4. The van der Waals surface area contributed by atoms with Gasteiger partial charge in [0.05, 0.1) is 6.61 Å². The van der Waals surface area contributed by atoms with Crippen molar-refractivity contribution in [1.29, 1.82) is 0 Å². The van der Waals surface area contributed by atoms with Gasteiger partial charge in [0.2, 0.25) is 0 Å². The Balaban J connectivity index is 4.40. The van der Waals surface area contributed by atoms with Crippen LogP contribution in [0.5, 0.6) is 0 Å². The van der Waals surface area contributed by atoms with E-state index >= 15 is 0 Å². The topological polar surface area (TPSA) is 49.8 Å². The number of nitrogens with zero attached hydrogens (tertiary/aromatic N) is 1. The summed E-state index contributed by atoms with van der Waals surface area (Å²) in [5.41, 5.74) is 0. The lowest BCUT2D eigenvalue weighted by atomic mass is 10.0. The number of hydrogen-bond acceptors (Lipinski definition) is 3. The van der Waals surface area contributed by atoms with E-state index in [1.54, 1.807) is 7.11 Å². The Morgan fingerprint density at radius 3 is 2.24 bits per heavy atom. The Hall–Kier alpha value is -0.610. The van der Waals surface area contributed by atoms with Crippen LogP contribution in [0.15, 0.2) is 0 Å². The molecule has 0 radical (unpaired) electrons. The van der Waals surface area contributed by atoms with Gasteiger partial charge in [0.1, 0.15) is 0 Å². The van der Waals surface area contributed by atoms with Gasteiger partial charge in [-0.25, -0.2) is 0 Å². The van der Waals surface area contributed by atoms with Crippen LogP contribution in [0.3, 0.4) is 0 Å². The summed E-state index contributed by atoms with van der Waals surface area (Å²) >= 11 is 0. The molecule has 0 saturated carbocycles. The largest absolute Gasteiger partial charge is 0.481 e. The SMILES string of the molecule is COCC(C(C)C)N(CCCC(=O)O)C(C)C. The molecule has 0 aromatic carbocycles. The first-order valence-electron chi connectivity index (χ1n) is 6.36. The lowest BCUT2D eigenvalue weighted by molar-refractivity contribution is -0.137. The molecule has 102 valence electrons. The zero-order valence-corrected chi connectivity index (χ0v) is 11.8. The molecule has 1 unspecified atom stereocenters. The molecule has 0 rings (SSSR count). The van der Waals surface area contributed by atoms with E-state index in [-0.39, 0.29) is 6.42 Å². The second kappa shape index (κ2) is 8.48. The van der Waals surface area contributed by atoms with Gasteiger partial charge in [0.25, 0.3) is 0 Å². The highest BCUT2D eigenvalue weighted by atomic mass is 16.5. The minimum Gasteiger partial charge on any atom is -0.481 e. The molecule has 4 nitrogen and oxygen atoms in total. The first-order chi connectivity index (χ1) is 7.90. The van der Waals surface area contributed by atoms with Crippen molar-refractivity contribution >= 4 is 5.97 Å². The monoisotopic (exact) mass is 245 g/mol. The van der Waals surface area contributed by atoms with E-state index in [9.17, 15) is 4.79 Å². The minimum absolute atomic E-state index is 0.237. The molecule has 0 amide bonds. The fourth-order valence-electron chi connectivity index (χ4n) is 2.06. The van der Waals surface area contributed by atoms with Crippen LogP contribution in [-0.4, -0.2) is 48.3 Å². The average molecular weight is 245 g/mol. The molecule has 17 heavy (non-hydrogen) atoms. The highest BCUT2D eigenvalue weighted by Gasteiger charge is 2.23.